The number of rotatable bonds is 3. The molecule has 0 bridgehead atoms. The van der Waals surface area contributed by atoms with Gasteiger partial charge in [0.25, 0.3) is 5.56 Å². The van der Waals surface area contributed by atoms with Crippen molar-refractivity contribution < 1.29 is 0 Å². The summed E-state index contributed by atoms with van der Waals surface area (Å²) in [6, 6.07) is 14.9. The maximum absolute atomic E-state index is 13.1. The number of halogens is 1. The second-order valence-corrected chi connectivity index (χ2v) is 6.77. The lowest BCUT2D eigenvalue weighted by atomic mass is 10.1. The van der Waals surface area contributed by atoms with Gasteiger partial charge in [-0.3, -0.25) is 9.36 Å². The summed E-state index contributed by atoms with van der Waals surface area (Å²) < 4.78 is 1.65. The summed E-state index contributed by atoms with van der Waals surface area (Å²) >= 11 is 3.62. The zero-order valence-electron chi connectivity index (χ0n) is 13.5. The highest BCUT2D eigenvalue weighted by Gasteiger charge is 2.18. The molecular weight excluding hydrogens is 366 g/mol. The lowest BCUT2D eigenvalue weighted by Gasteiger charge is -2.17. The van der Waals surface area contributed by atoms with Gasteiger partial charge in [-0.25, -0.2) is 4.98 Å². The van der Waals surface area contributed by atoms with Crippen LogP contribution in [-0.2, 0) is 0 Å². The van der Waals surface area contributed by atoms with Crippen molar-refractivity contribution in [1.29, 1.82) is 5.26 Å². The standard InChI is InChI=1S/C19H16BrN3O/c1-3-16(20)18-22-17-10-13(11-21)6-9-15(17)19(24)23(18)14-7-4-12(2)5-8-14/h4-10,16H,3H2,1-2H3. The average molecular weight is 382 g/mol. The van der Waals surface area contributed by atoms with E-state index in [9.17, 15) is 4.79 Å². The number of hydrogen-bond donors (Lipinski definition) is 0. The highest BCUT2D eigenvalue weighted by Crippen LogP contribution is 2.27. The van der Waals surface area contributed by atoms with Crippen LogP contribution in [-0.4, -0.2) is 9.55 Å². The van der Waals surface area contributed by atoms with Crippen LogP contribution in [0.2, 0.25) is 0 Å². The monoisotopic (exact) mass is 381 g/mol. The number of aryl methyl sites for hydroxylation is 1. The van der Waals surface area contributed by atoms with Gasteiger partial charge in [0.15, 0.2) is 0 Å². The van der Waals surface area contributed by atoms with Crippen molar-refractivity contribution in [2.75, 3.05) is 0 Å². The predicted molar refractivity (Wildman–Crippen MR) is 98.8 cm³/mol. The van der Waals surface area contributed by atoms with Crippen molar-refractivity contribution in [3.05, 3.63) is 69.8 Å². The molecule has 5 heteroatoms. The van der Waals surface area contributed by atoms with E-state index < -0.39 is 0 Å². The fourth-order valence-corrected chi connectivity index (χ4v) is 2.92. The molecule has 0 aliphatic heterocycles. The number of fused-ring (bicyclic) bond motifs is 1. The van der Waals surface area contributed by atoms with E-state index in [0.29, 0.717) is 22.3 Å². The Morgan fingerprint density at radius 1 is 1.25 bits per heavy atom. The minimum atomic E-state index is -0.124. The number of alkyl halides is 1. The highest BCUT2D eigenvalue weighted by molar-refractivity contribution is 9.09. The van der Waals surface area contributed by atoms with Crippen LogP contribution in [0.3, 0.4) is 0 Å². The van der Waals surface area contributed by atoms with E-state index >= 15 is 0 Å². The molecule has 2 aromatic carbocycles. The molecule has 0 fully saturated rings. The fraction of sp³-hybridized carbons (Fsp3) is 0.211. The van der Waals surface area contributed by atoms with Crippen LogP contribution in [0.15, 0.2) is 47.3 Å². The predicted octanol–water partition coefficient (Wildman–Crippen LogP) is 4.41. The molecule has 24 heavy (non-hydrogen) atoms. The minimum absolute atomic E-state index is 0.0540. The Morgan fingerprint density at radius 3 is 2.58 bits per heavy atom. The van der Waals surface area contributed by atoms with E-state index in [1.54, 1.807) is 22.8 Å². The summed E-state index contributed by atoms with van der Waals surface area (Å²) in [6.07, 6.45) is 0.793. The number of nitriles is 1. The second-order valence-electron chi connectivity index (χ2n) is 5.67. The van der Waals surface area contributed by atoms with Gasteiger partial charge in [0.1, 0.15) is 5.82 Å². The fourth-order valence-electron chi connectivity index (χ4n) is 2.61. The maximum atomic E-state index is 13.1. The Labute approximate surface area is 148 Å². The first-order valence-corrected chi connectivity index (χ1v) is 8.64. The first-order valence-electron chi connectivity index (χ1n) is 7.73. The number of hydrogen-bond acceptors (Lipinski definition) is 3. The molecule has 0 N–H and O–H groups in total. The van der Waals surface area contributed by atoms with Crippen LogP contribution < -0.4 is 5.56 Å². The van der Waals surface area contributed by atoms with Crippen molar-refractivity contribution >= 4 is 26.8 Å². The largest absolute Gasteiger partial charge is 0.268 e. The van der Waals surface area contributed by atoms with Crippen molar-refractivity contribution in [1.82, 2.24) is 9.55 Å². The molecule has 1 aromatic heterocycles. The quantitative estimate of drug-likeness (QED) is 0.631. The molecular formula is C19H16BrN3O. The summed E-state index contributed by atoms with van der Waals surface area (Å²) in [6.45, 7) is 4.04. The van der Waals surface area contributed by atoms with Gasteiger partial charge in [0.2, 0.25) is 0 Å². The average Bonchev–Trinajstić information content (AvgIpc) is 2.61. The van der Waals surface area contributed by atoms with Gasteiger partial charge in [0, 0.05) is 0 Å². The van der Waals surface area contributed by atoms with Crippen LogP contribution >= 0.6 is 15.9 Å². The summed E-state index contributed by atoms with van der Waals surface area (Å²) in [4.78, 5) is 17.7. The number of nitrogens with zero attached hydrogens (tertiary/aromatic N) is 3. The van der Waals surface area contributed by atoms with Crippen LogP contribution in [0.1, 0.15) is 35.1 Å². The van der Waals surface area contributed by atoms with Gasteiger partial charge in [-0.05, 0) is 43.7 Å². The highest BCUT2D eigenvalue weighted by atomic mass is 79.9. The Hall–Kier alpha value is -2.45. The normalized spacial score (nSPS) is 12.1. The molecule has 1 atom stereocenters. The summed E-state index contributed by atoms with van der Waals surface area (Å²) in [5.41, 5.74) is 2.84. The Morgan fingerprint density at radius 2 is 1.96 bits per heavy atom. The molecule has 0 spiro atoms. The smallest absolute Gasteiger partial charge is 0.265 e. The van der Waals surface area contributed by atoms with E-state index in [0.717, 1.165) is 17.7 Å². The van der Waals surface area contributed by atoms with E-state index in [2.05, 4.69) is 27.0 Å². The topological polar surface area (TPSA) is 58.7 Å². The molecule has 1 heterocycles. The molecule has 0 aliphatic carbocycles. The van der Waals surface area contributed by atoms with Crippen LogP contribution in [0.25, 0.3) is 16.6 Å². The van der Waals surface area contributed by atoms with E-state index in [-0.39, 0.29) is 10.4 Å². The number of aromatic nitrogens is 2. The molecule has 1 unspecified atom stereocenters. The van der Waals surface area contributed by atoms with Gasteiger partial charge in [0.05, 0.1) is 33.1 Å². The molecule has 0 saturated carbocycles. The molecule has 3 rings (SSSR count). The number of benzene rings is 2. The molecule has 4 nitrogen and oxygen atoms in total. The van der Waals surface area contributed by atoms with Crippen LogP contribution in [0, 0.1) is 18.3 Å². The Kier molecular flexibility index (Phi) is 4.50. The molecule has 0 saturated heterocycles. The zero-order chi connectivity index (χ0) is 17.3. The van der Waals surface area contributed by atoms with Crippen molar-refractivity contribution in [2.24, 2.45) is 0 Å². The van der Waals surface area contributed by atoms with E-state index in [1.807, 2.05) is 38.1 Å². The maximum Gasteiger partial charge on any atom is 0.265 e. The van der Waals surface area contributed by atoms with Crippen molar-refractivity contribution in [3.63, 3.8) is 0 Å². The van der Waals surface area contributed by atoms with Crippen LogP contribution in [0.4, 0.5) is 0 Å². The summed E-state index contributed by atoms with van der Waals surface area (Å²) in [5.74, 6) is 0.647. The van der Waals surface area contributed by atoms with Gasteiger partial charge >= 0.3 is 0 Å². The zero-order valence-corrected chi connectivity index (χ0v) is 15.0. The van der Waals surface area contributed by atoms with Crippen LogP contribution in [0.5, 0.6) is 0 Å². The van der Waals surface area contributed by atoms with Crippen molar-refractivity contribution in [3.8, 4) is 11.8 Å². The van der Waals surface area contributed by atoms with Gasteiger partial charge in [-0.15, -0.1) is 0 Å². The second kappa shape index (κ2) is 6.58. The molecule has 120 valence electrons. The summed E-state index contributed by atoms with van der Waals surface area (Å²) in [5, 5.41) is 9.59. The Bertz CT molecular complexity index is 1000. The van der Waals surface area contributed by atoms with Gasteiger partial charge < -0.3 is 0 Å². The summed E-state index contributed by atoms with van der Waals surface area (Å²) in [7, 11) is 0. The van der Waals surface area contributed by atoms with E-state index in [4.69, 9.17) is 5.26 Å². The lowest BCUT2D eigenvalue weighted by molar-refractivity contribution is 0.768. The van der Waals surface area contributed by atoms with Gasteiger partial charge in [-0.2, -0.15) is 5.26 Å². The third-order valence-corrected chi connectivity index (χ3v) is 5.01. The minimum Gasteiger partial charge on any atom is -0.268 e. The third-order valence-electron chi connectivity index (χ3n) is 3.96. The molecule has 0 amide bonds. The molecule has 0 radical (unpaired) electrons. The lowest BCUT2D eigenvalue weighted by Crippen LogP contribution is -2.24. The van der Waals surface area contributed by atoms with Gasteiger partial charge in [-0.1, -0.05) is 40.5 Å². The molecule has 0 aliphatic rings. The SMILES string of the molecule is CCC(Br)c1nc2cc(C#N)ccc2c(=O)n1-c1ccc(C)cc1. The first-order chi connectivity index (χ1) is 11.5. The third kappa shape index (κ3) is 2.85. The Balaban J connectivity index is 2.38. The van der Waals surface area contributed by atoms with E-state index in [1.165, 1.54) is 0 Å². The first kappa shape index (κ1) is 16.4. The molecule has 3 aromatic rings. The van der Waals surface area contributed by atoms with Crippen molar-refractivity contribution in [2.45, 2.75) is 25.1 Å².